The maximum atomic E-state index is 10.4. The van der Waals surface area contributed by atoms with Crippen molar-refractivity contribution in [2.24, 2.45) is 0 Å². The Labute approximate surface area is 93.6 Å². The van der Waals surface area contributed by atoms with Gasteiger partial charge in [-0.25, -0.2) is 0 Å². The van der Waals surface area contributed by atoms with Gasteiger partial charge < -0.3 is 10.4 Å². The maximum Gasteiger partial charge on any atom is 0.269 e. The lowest BCUT2D eigenvalue weighted by molar-refractivity contribution is -0.384. The SMILES string of the molecule is C=CCNC[C@@H](O)c1ccc([N+](=O)[O-])cc1. The molecule has 0 aromatic heterocycles. The molecule has 0 radical (unpaired) electrons. The third-order valence-electron chi connectivity index (χ3n) is 2.12. The Morgan fingerprint density at radius 1 is 1.50 bits per heavy atom. The zero-order valence-electron chi connectivity index (χ0n) is 8.80. The third-order valence-corrected chi connectivity index (χ3v) is 2.12. The molecule has 1 atom stereocenters. The van der Waals surface area contributed by atoms with Crippen molar-refractivity contribution < 1.29 is 10.0 Å². The summed E-state index contributed by atoms with van der Waals surface area (Å²) >= 11 is 0. The van der Waals surface area contributed by atoms with Gasteiger partial charge >= 0.3 is 0 Å². The fourth-order valence-electron chi connectivity index (χ4n) is 1.26. The first-order chi connectivity index (χ1) is 7.65. The summed E-state index contributed by atoms with van der Waals surface area (Å²) < 4.78 is 0. The van der Waals surface area contributed by atoms with Gasteiger partial charge in [-0.15, -0.1) is 6.58 Å². The third kappa shape index (κ3) is 3.45. The van der Waals surface area contributed by atoms with Crippen LogP contribution in [0.15, 0.2) is 36.9 Å². The van der Waals surface area contributed by atoms with E-state index < -0.39 is 11.0 Å². The van der Waals surface area contributed by atoms with Crippen LogP contribution in [0.25, 0.3) is 0 Å². The van der Waals surface area contributed by atoms with Gasteiger partial charge in [-0.05, 0) is 17.7 Å². The van der Waals surface area contributed by atoms with E-state index in [1.54, 1.807) is 18.2 Å². The lowest BCUT2D eigenvalue weighted by Gasteiger charge is -2.10. The molecule has 0 heterocycles. The number of aliphatic hydroxyl groups excluding tert-OH is 1. The normalized spacial score (nSPS) is 12.1. The molecule has 5 nitrogen and oxygen atoms in total. The number of nitro groups is 1. The van der Waals surface area contributed by atoms with Crippen LogP contribution in [0.1, 0.15) is 11.7 Å². The van der Waals surface area contributed by atoms with Gasteiger partial charge in [-0.3, -0.25) is 10.1 Å². The Kier molecular flexibility index (Phi) is 4.63. The van der Waals surface area contributed by atoms with Gasteiger partial charge in [0.1, 0.15) is 0 Å². The van der Waals surface area contributed by atoms with E-state index in [0.29, 0.717) is 18.7 Å². The highest BCUT2D eigenvalue weighted by molar-refractivity contribution is 5.33. The molecule has 0 saturated carbocycles. The Morgan fingerprint density at radius 2 is 2.12 bits per heavy atom. The van der Waals surface area contributed by atoms with Gasteiger partial charge in [-0.1, -0.05) is 6.08 Å². The van der Waals surface area contributed by atoms with Crippen molar-refractivity contribution in [2.75, 3.05) is 13.1 Å². The fraction of sp³-hybridized carbons (Fsp3) is 0.273. The van der Waals surface area contributed by atoms with E-state index in [2.05, 4.69) is 11.9 Å². The molecule has 0 aliphatic carbocycles. The molecule has 1 rings (SSSR count). The van der Waals surface area contributed by atoms with Crippen molar-refractivity contribution in [1.29, 1.82) is 0 Å². The second kappa shape index (κ2) is 5.99. The van der Waals surface area contributed by atoms with Crippen LogP contribution in [0, 0.1) is 10.1 Å². The summed E-state index contributed by atoms with van der Waals surface area (Å²) in [5.41, 5.74) is 0.678. The van der Waals surface area contributed by atoms with Crippen molar-refractivity contribution >= 4 is 5.69 Å². The molecule has 16 heavy (non-hydrogen) atoms. The molecule has 0 amide bonds. The summed E-state index contributed by atoms with van der Waals surface area (Å²) in [6.07, 6.45) is 1.03. The molecule has 0 spiro atoms. The van der Waals surface area contributed by atoms with Gasteiger partial charge in [0.25, 0.3) is 5.69 Å². The Balaban J connectivity index is 2.59. The smallest absolute Gasteiger partial charge is 0.269 e. The van der Waals surface area contributed by atoms with Crippen LogP contribution in [0.4, 0.5) is 5.69 Å². The Hall–Kier alpha value is -1.72. The van der Waals surface area contributed by atoms with E-state index in [0.717, 1.165) is 0 Å². The standard InChI is InChI=1S/C11H14N2O3/c1-2-7-12-8-11(14)9-3-5-10(6-4-9)13(15)16/h2-6,11-12,14H,1,7-8H2/t11-/m1/s1. The lowest BCUT2D eigenvalue weighted by Crippen LogP contribution is -2.21. The number of nitrogens with zero attached hydrogens (tertiary/aromatic N) is 1. The lowest BCUT2D eigenvalue weighted by atomic mass is 10.1. The first-order valence-electron chi connectivity index (χ1n) is 4.89. The second-order valence-corrected chi connectivity index (χ2v) is 3.31. The van der Waals surface area contributed by atoms with Crippen molar-refractivity contribution in [3.05, 3.63) is 52.6 Å². The van der Waals surface area contributed by atoms with Crippen molar-refractivity contribution in [2.45, 2.75) is 6.10 Å². The monoisotopic (exact) mass is 222 g/mol. The van der Waals surface area contributed by atoms with Crippen LogP contribution in [0.5, 0.6) is 0 Å². The van der Waals surface area contributed by atoms with Crippen molar-refractivity contribution in [3.8, 4) is 0 Å². The number of benzene rings is 1. The molecule has 2 N–H and O–H groups in total. The summed E-state index contributed by atoms with van der Waals surface area (Å²) in [6.45, 7) is 4.55. The van der Waals surface area contributed by atoms with Gasteiger partial charge in [0, 0.05) is 25.2 Å². The molecule has 86 valence electrons. The summed E-state index contributed by atoms with van der Waals surface area (Å²) in [6, 6.07) is 5.87. The van der Waals surface area contributed by atoms with E-state index in [-0.39, 0.29) is 5.69 Å². The molecule has 0 aliphatic heterocycles. The topological polar surface area (TPSA) is 75.4 Å². The molecule has 0 saturated heterocycles. The van der Waals surface area contributed by atoms with Crippen LogP contribution in [0.2, 0.25) is 0 Å². The number of nitro benzene ring substituents is 1. The zero-order chi connectivity index (χ0) is 12.0. The van der Waals surface area contributed by atoms with E-state index in [9.17, 15) is 15.2 Å². The molecule has 1 aromatic carbocycles. The minimum Gasteiger partial charge on any atom is -0.387 e. The quantitative estimate of drug-likeness (QED) is 0.330. The molecule has 5 heteroatoms. The summed E-state index contributed by atoms with van der Waals surface area (Å²) in [7, 11) is 0. The van der Waals surface area contributed by atoms with E-state index in [4.69, 9.17) is 0 Å². The molecule has 1 aromatic rings. The van der Waals surface area contributed by atoms with E-state index >= 15 is 0 Å². The number of nitrogens with one attached hydrogen (secondary N) is 1. The highest BCUT2D eigenvalue weighted by Gasteiger charge is 2.09. The number of hydrogen-bond acceptors (Lipinski definition) is 4. The van der Waals surface area contributed by atoms with Crippen LogP contribution in [0.3, 0.4) is 0 Å². The van der Waals surface area contributed by atoms with Crippen LogP contribution >= 0.6 is 0 Å². The Morgan fingerprint density at radius 3 is 2.62 bits per heavy atom. The van der Waals surface area contributed by atoms with Crippen molar-refractivity contribution in [3.63, 3.8) is 0 Å². The van der Waals surface area contributed by atoms with E-state index in [1.807, 2.05) is 0 Å². The predicted molar refractivity (Wildman–Crippen MR) is 61.1 cm³/mol. The average molecular weight is 222 g/mol. The molecule has 0 aliphatic rings. The first-order valence-corrected chi connectivity index (χ1v) is 4.89. The maximum absolute atomic E-state index is 10.4. The number of rotatable bonds is 6. The van der Waals surface area contributed by atoms with Gasteiger partial charge in [0.15, 0.2) is 0 Å². The minimum atomic E-state index is -0.666. The molecular formula is C11H14N2O3. The number of non-ortho nitro benzene ring substituents is 1. The number of hydrogen-bond donors (Lipinski definition) is 2. The molecule has 0 bridgehead atoms. The van der Waals surface area contributed by atoms with Gasteiger partial charge in [-0.2, -0.15) is 0 Å². The average Bonchev–Trinajstić information content (AvgIpc) is 2.29. The highest BCUT2D eigenvalue weighted by Crippen LogP contribution is 2.16. The first kappa shape index (κ1) is 12.4. The zero-order valence-corrected chi connectivity index (χ0v) is 8.80. The Bertz CT molecular complexity index is 362. The molecular weight excluding hydrogens is 208 g/mol. The summed E-state index contributed by atoms with van der Waals surface area (Å²) in [4.78, 5) is 9.95. The van der Waals surface area contributed by atoms with Gasteiger partial charge in [0.2, 0.25) is 0 Å². The predicted octanol–water partition coefficient (Wildman–Crippen LogP) is 1.40. The summed E-state index contributed by atoms with van der Waals surface area (Å²) in [5.74, 6) is 0. The fourth-order valence-corrected chi connectivity index (χ4v) is 1.26. The van der Waals surface area contributed by atoms with Crippen LogP contribution < -0.4 is 5.32 Å². The molecule has 0 fully saturated rings. The largest absolute Gasteiger partial charge is 0.387 e. The van der Waals surface area contributed by atoms with Crippen molar-refractivity contribution in [1.82, 2.24) is 5.32 Å². The highest BCUT2D eigenvalue weighted by atomic mass is 16.6. The van der Waals surface area contributed by atoms with E-state index in [1.165, 1.54) is 12.1 Å². The second-order valence-electron chi connectivity index (χ2n) is 3.31. The molecule has 0 unspecified atom stereocenters. The van der Waals surface area contributed by atoms with Gasteiger partial charge in [0.05, 0.1) is 11.0 Å². The minimum absolute atomic E-state index is 0.0231. The van der Waals surface area contributed by atoms with Crippen LogP contribution in [-0.2, 0) is 0 Å². The number of aliphatic hydroxyl groups is 1. The summed E-state index contributed by atoms with van der Waals surface area (Å²) in [5, 5.41) is 23.1. The van der Waals surface area contributed by atoms with Crippen LogP contribution in [-0.4, -0.2) is 23.1 Å².